The molecule has 4 aromatic rings. The number of ether oxygens (including phenoxy) is 1. The third-order valence-electron chi connectivity index (χ3n) is 7.21. The summed E-state index contributed by atoms with van der Waals surface area (Å²) in [4.78, 5) is 28.8. The maximum Gasteiger partial charge on any atom is 0.333 e. The van der Waals surface area contributed by atoms with Crippen LogP contribution >= 0.6 is 0 Å². The van der Waals surface area contributed by atoms with Gasteiger partial charge in [-0.05, 0) is 80.9 Å². The van der Waals surface area contributed by atoms with E-state index in [9.17, 15) is 14.0 Å². The molecule has 0 radical (unpaired) electrons. The van der Waals surface area contributed by atoms with Crippen LogP contribution in [0.5, 0.6) is 5.75 Å². The Morgan fingerprint density at radius 2 is 1.69 bits per heavy atom. The van der Waals surface area contributed by atoms with Gasteiger partial charge in [0, 0.05) is 24.6 Å². The average molecular weight is 488 g/mol. The number of benzene rings is 3. The highest BCUT2D eigenvalue weighted by Crippen LogP contribution is 2.27. The first-order valence-electron chi connectivity index (χ1n) is 12.3. The number of aryl methyl sites for hydroxylation is 1. The number of Topliss-reactive ketones (excluding diaryl/α,β-unsaturated/α-hetero) is 1. The van der Waals surface area contributed by atoms with Crippen molar-refractivity contribution in [3.05, 3.63) is 94.2 Å². The predicted octanol–water partition coefficient (Wildman–Crippen LogP) is 4.84. The van der Waals surface area contributed by atoms with Crippen LogP contribution in [-0.2, 0) is 6.54 Å². The van der Waals surface area contributed by atoms with Gasteiger partial charge >= 0.3 is 5.69 Å². The third kappa shape index (κ3) is 4.46. The van der Waals surface area contributed by atoms with Crippen LogP contribution in [0.2, 0.25) is 0 Å². The van der Waals surface area contributed by atoms with E-state index in [-0.39, 0.29) is 23.2 Å². The number of para-hydroxylation sites is 3. The smallest absolute Gasteiger partial charge is 0.333 e. The summed E-state index contributed by atoms with van der Waals surface area (Å²) in [5.41, 5.74) is 4.01. The second kappa shape index (κ2) is 10.1. The Balaban J connectivity index is 1.34. The topological polar surface area (TPSA) is 56.5 Å². The number of hydrogen-bond donors (Lipinski definition) is 0. The Kier molecular flexibility index (Phi) is 6.74. The van der Waals surface area contributed by atoms with E-state index in [1.165, 1.54) is 12.1 Å². The number of likely N-dealkylation sites (tertiary alicyclic amines) is 1. The molecular weight excluding hydrogens is 457 g/mol. The number of hydrogen-bond acceptors (Lipinski definition) is 4. The van der Waals surface area contributed by atoms with Gasteiger partial charge in [-0.2, -0.15) is 0 Å². The molecule has 1 aromatic heterocycles. The Morgan fingerprint density at radius 3 is 2.42 bits per heavy atom. The van der Waals surface area contributed by atoms with E-state index >= 15 is 0 Å². The summed E-state index contributed by atoms with van der Waals surface area (Å²) in [6.45, 7) is 4.86. The van der Waals surface area contributed by atoms with Gasteiger partial charge in [0.2, 0.25) is 0 Å². The summed E-state index contributed by atoms with van der Waals surface area (Å²) < 4.78 is 22.3. The van der Waals surface area contributed by atoms with Crippen LogP contribution in [-0.4, -0.2) is 46.6 Å². The highest BCUT2D eigenvalue weighted by molar-refractivity contribution is 5.97. The van der Waals surface area contributed by atoms with Gasteiger partial charge < -0.3 is 9.64 Å². The molecule has 0 bridgehead atoms. The highest BCUT2D eigenvalue weighted by atomic mass is 19.1. The fourth-order valence-corrected chi connectivity index (χ4v) is 5.24. The quantitative estimate of drug-likeness (QED) is 0.350. The fraction of sp³-hybridized carbons (Fsp3) is 0.310. The zero-order valence-corrected chi connectivity index (χ0v) is 20.6. The van der Waals surface area contributed by atoms with Crippen molar-refractivity contribution in [1.29, 1.82) is 0 Å². The lowest BCUT2D eigenvalue weighted by Gasteiger charge is -2.31. The summed E-state index contributed by atoms with van der Waals surface area (Å²) >= 11 is 0. The van der Waals surface area contributed by atoms with Gasteiger partial charge in [0.25, 0.3) is 0 Å². The Labute approximate surface area is 209 Å². The van der Waals surface area contributed by atoms with Crippen LogP contribution in [0.3, 0.4) is 0 Å². The van der Waals surface area contributed by atoms with E-state index in [0.29, 0.717) is 17.9 Å². The number of rotatable bonds is 7. The van der Waals surface area contributed by atoms with Crippen LogP contribution in [0.25, 0.3) is 16.7 Å². The first kappa shape index (κ1) is 24.0. The molecule has 5 rings (SSSR count). The summed E-state index contributed by atoms with van der Waals surface area (Å²) in [5, 5.41) is 0. The van der Waals surface area contributed by atoms with E-state index in [1.54, 1.807) is 23.8 Å². The van der Waals surface area contributed by atoms with Crippen molar-refractivity contribution in [2.75, 3.05) is 26.7 Å². The van der Waals surface area contributed by atoms with Gasteiger partial charge in [-0.1, -0.05) is 24.3 Å². The number of ketones is 1. The molecule has 0 saturated carbocycles. The number of aromatic nitrogens is 2. The lowest BCUT2D eigenvalue weighted by atomic mass is 9.89. The second-order valence-corrected chi connectivity index (χ2v) is 9.37. The first-order chi connectivity index (χ1) is 17.5. The largest absolute Gasteiger partial charge is 0.495 e. The minimum absolute atomic E-state index is 0.0513. The van der Waals surface area contributed by atoms with Crippen LogP contribution in [0.1, 0.15) is 28.8 Å². The first-order valence-corrected chi connectivity index (χ1v) is 12.3. The minimum Gasteiger partial charge on any atom is -0.495 e. The molecule has 1 saturated heterocycles. The van der Waals surface area contributed by atoms with Crippen molar-refractivity contribution < 1.29 is 13.9 Å². The second-order valence-electron chi connectivity index (χ2n) is 9.37. The molecule has 1 fully saturated rings. The molecule has 6 nitrogen and oxygen atoms in total. The molecule has 186 valence electrons. The normalized spacial score (nSPS) is 14.9. The molecule has 36 heavy (non-hydrogen) atoms. The van der Waals surface area contributed by atoms with E-state index in [1.807, 2.05) is 54.0 Å². The summed E-state index contributed by atoms with van der Waals surface area (Å²) in [5.74, 6) is 0.347. The van der Waals surface area contributed by atoms with Crippen LogP contribution < -0.4 is 10.4 Å². The number of halogens is 1. The van der Waals surface area contributed by atoms with Crippen molar-refractivity contribution in [1.82, 2.24) is 14.0 Å². The van der Waals surface area contributed by atoms with Gasteiger partial charge in [0.15, 0.2) is 5.78 Å². The molecule has 7 heteroatoms. The maximum atomic E-state index is 13.7. The van der Waals surface area contributed by atoms with Crippen LogP contribution in [0.15, 0.2) is 71.5 Å². The predicted molar refractivity (Wildman–Crippen MR) is 139 cm³/mol. The number of carbonyl (C=O) groups is 1. The lowest BCUT2D eigenvalue weighted by Crippen LogP contribution is -2.39. The average Bonchev–Trinajstić information content (AvgIpc) is 3.19. The monoisotopic (exact) mass is 487 g/mol. The van der Waals surface area contributed by atoms with Crippen molar-refractivity contribution in [2.45, 2.75) is 26.3 Å². The molecule has 1 aliphatic heterocycles. The highest BCUT2D eigenvalue weighted by Gasteiger charge is 2.26. The molecule has 0 unspecified atom stereocenters. The third-order valence-corrected chi connectivity index (χ3v) is 7.21. The zero-order valence-electron chi connectivity index (χ0n) is 20.6. The number of piperidine rings is 1. The van der Waals surface area contributed by atoms with Gasteiger partial charge in [-0.3, -0.25) is 13.9 Å². The molecule has 1 aliphatic rings. The van der Waals surface area contributed by atoms with Gasteiger partial charge in [-0.15, -0.1) is 0 Å². The minimum atomic E-state index is -0.334. The standard InChI is InChI=1S/C29H30FN3O3/c1-20-6-5-8-25-27(20)33(24-7-3-4-9-26(24)36-2)29(35)32(25)19-18-31-16-14-22(15-17-31)28(34)21-10-12-23(30)13-11-21/h3-13,22H,14-19H2,1-2H3. The van der Waals surface area contributed by atoms with Crippen LogP contribution in [0, 0.1) is 18.7 Å². The molecular formula is C29H30FN3O3. The Hall–Kier alpha value is -3.71. The summed E-state index contributed by atoms with van der Waals surface area (Å²) in [6, 6.07) is 19.3. The number of carbonyl (C=O) groups excluding carboxylic acids is 1. The van der Waals surface area contributed by atoms with E-state index in [4.69, 9.17) is 4.74 Å². The summed E-state index contributed by atoms with van der Waals surface area (Å²) in [7, 11) is 1.61. The number of methoxy groups -OCH3 is 1. The molecule has 0 atom stereocenters. The molecule has 0 amide bonds. The Morgan fingerprint density at radius 1 is 0.972 bits per heavy atom. The van der Waals surface area contributed by atoms with Crippen molar-refractivity contribution in [2.24, 2.45) is 5.92 Å². The van der Waals surface area contributed by atoms with Gasteiger partial charge in [0.05, 0.1) is 23.8 Å². The maximum absolute atomic E-state index is 13.7. The van der Waals surface area contributed by atoms with E-state index < -0.39 is 0 Å². The molecule has 0 spiro atoms. The molecule has 0 aliphatic carbocycles. The van der Waals surface area contributed by atoms with E-state index in [0.717, 1.165) is 54.8 Å². The molecule has 2 heterocycles. The van der Waals surface area contributed by atoms with Crippen molar-refractivity contribution in [3.63, 3.8) is 0 Å². The van der Waals surface area contributed by atoms with Crippen molar-refractivity contribution >= 4 is 16.8 Å². The molecule has 3 aromatic carbocycles. The zero-order chi connectivity index (χ0) is 25.2. The number of nitrogens with zero attached hydrogens (tertiary/aromatic N) is 3. The number of imidazole rings is 1. The lowest BCUT2D eigenvalue weighted by molar-refractivity contribution is 0.0837. The van der Waals surface area contributed by atoms with Crippen molar-refractivity contribution in [3.8, 4) is 11.4 Å². The van der Waals surface area contributed by atoms with Crippen LogP contribution in [0.4, 0.5) is 4.39 Å². The van der Waals surface area contributed by atoms with E-state index in [2.05, 4.69) is 4.90 Å². The number of fused-ring (bicyclic) bond motifs is 1. The molecule has 0 N–H and O–H groups in total. The summed E-state index contributed by atoms with van der Waals surface area (Å²) in [6.07, 6.45) is 1.51. The van der Waals surface area contributed by atoms with Gasteiger partial charge in [-0.25, -0.2) is 9.18 Å². The SMILES string of the molecule is COc1ccccc1-n1c(=O)n(CCN2CCC(C(=O)c3ccc(F)cc3)CC2)c2cccc(C)c21. The van der Waals surface area contributed by atoms with Gasteiger partial charge in [0.1, 0.15) is 11.6 Å². The Bertz CT molecular complexity index is 1450. The fourth-order valence-electron chi connectivity index (χ4n) is 5.24.